The van der Waals surface area contributed by atoms with Gasteiger partial charge in [-0.2, -0.15) is 5.10 Å². The first-order valence-electron chi connectivity index (χ1n) is 4.94. The largest absolute Gasteiger partial charge is 0.397 e. The van der Waals surface area contributed by atoms with Crippen molar-refractivity contribution in [3.63, 3.8) is 0 Å². The number of nitrogen functional groups attached to an aromatic ring is 1. The molecule has 1 amide bonds. The van der Waals surface area contributed by atoms with Crippen LogP contribution in [0.4, 0.5) is 5.69 Å². The quantitative estimate of drug-likeness (QED) is 0.826. The van der Waals surface area contributed by atoms with Crippen LogP contribution < -0.4 is 11.1 Å². The maximum atomic E-state index is 11.5. The molecule has 2 aromatic rings. The lowest BCUT2D eigenvalue weighted by Gasteiger charge is -2.07. The van der Waals surface area contributed by atoms with E-state index in [1.807, 2.05) is 0 Å². The number of aromatic nitrogens is 2. The van der Waals surface area contributed by atoms with E-state index in [0.717, 1.165) is 4.47 Å². The molecule has 0 unspecified atom stereocenters. The molecule has 88 valence electrons. The number of benzene rings is 1. The summed E-state index contributed by atoms with van der Waals surface area (Å²) in [5, 5.41) is 6.70. The molecule has 0 aliphatic rings. The highest BCUT2D eigenvalue weighted by Crippen LogP contribution is 2.20. The number of hydrogen-bond donors (Lipinski definition) is 2. The van der Waals surface area contributed by atoms with E-state index in [0.29, 0.717) is 16.9 Å². The molecule has 0 atom stereocenters. The third-order valence-corrected chi connectivity index (χ3v) is 2.73. The molecule has 17 heavy (non-hydrogen) atoms. The lowest BCUT2D eigenvalue weighted by molar-refractivity contribution is 0.0963. The SMILES string of the molecule is CNC(=O)c1ccc(N)c(-n2cc(Br)cn2)c1. The van der Waals surface area contributed by atoms with E-state index in [9.17, 15) is 4.79 Å². The molecular weight excluding hydrogens is 284 g/mol. The van der Waals surface area contributed by atoms with Crippen LogP contribution in [0.3, 0.4) is 0 Å². The fourth-order valence-corrected chi connectivity index (χ4v) is 1.75. The Hall–Kier alpha value is -1.82. The van der Waals surface area contributed by atoms with E-state index in [2.05, 4.69) is 26.3 Å². The van der Waals surface area contributed by atoms with Crippen LogP contribution in [0, 0.1) is 0 Å². The van der Waals surface area contributed by atoms with E-state index < -0.39 is 0 Å². The molecule has 2 rings (SSSR count). The van der Waals surface area contributed by atoms with Crippen molar-refractivity contribution in [3.8, 4) is 5.69 Å². The summed E-state index contributed by atoms with van der Waals surface area (Å²) in [5.41, 5.74) is 7.65. The van der Waals surface area contributed by atoms with Gasteiger partial charge in [-0.05, 0) is 34.1 Å². The predicted octanol–water partition coefficient (Wildman–Crippen LogP) is 1.58. The van der Waals surface area contributed by atoms with Gasteiger partial charge in [0.15, 0.2) is 0 Å². The normalized spacial score (nSPS) is 10.2. The minimum atomic E-state index is -0.155. The molecule has 6 heteroatoms. The van der Waals surface area contributed by atoms with Gasteiger partial charge in [-0.15, -0.1) is 0 Å². The molecular formula is C11H11BrN4O. The van der Waals surface area contributed by atoms with Gasteiger partial charge in [0.05, 0.1) is 22.0 Å². The number of nitrogens with one attached hydrogen (secondary N) is 1. The Bertz CT molecular complexity index is 564. The first-order valence-corrected chi connectivity index (χ1v) is 5.73. The molecule has 0 fully saturated rings. The van der Waals surface area contributed by atoms with Gasteiger partial charge in [0.1, 0.15) is 0 Å². The number of hydrogen-bond acceptors (Lipinski definition) is 3. The lowest BCUT2D eigenvalue weighted by atomic mass is 10.1. The van der Waals surface area contributed by atoms with E-state index >= 15 is 0 Å². The molecule has 1 aromatic heterocycles. The Morgan fingerprint density at radius 2 is 2.29 bits per heavy atom. The molecule has 5 nitrogen and oxygen atoms in total. The fraction of sp³-hybridized carbons (Fsp3) is 0.0909. The van der Waals surface area contributed by atoms with Crippen molar-refractivity contribution in [1.29, 1.82) is 0 Å². The van der Waals surface area contributed by atoms with Crippen LogP contribution in [0.1, 0.15) is 10.4 Å². The number of halogens is 1. The van der Waals surface area contributed by atoms with Gasteiger partial charge in [-0.3, -0.25) is 4.79 Å². The third-order valence-electron chi connectivity index (χ3n) is 2.32. The second-order valence-corrected chi connectivity index (χ2v) is 4.37. The summed E-state index contributed by atoms with van der Waals surface area (Å²) in [6.45, 7) is 0. The number of anilines is 1. The molecule has 0 aliphatic heterocycles. The fourth-order valence-electron chi connectivity index (χ4n) is 1.46. The molecule has 3 N–H and O–H groups in total. The van der Waals surface area contributed by atoms with E-state index in [-0.39, 0.29) is 5.91 Å². The maximum absolute atomic E-state index is 11.5. The van der Waals surface area contributed by atoms with Crippen molar-refractivity contribution in [2.24, 2.45) is 0 Å². The van der Waals surface area contributed by atoms with Crippen molar-refractivity contribution in [2.75, 3.05) is 12.8 Å². The summed E-state index contributed by atoms with van der Waals surface area (Å²) in [5.74, 6) is -0.155. The van der Waals surface area contributed by atoms with Gasteiger partial charge < -0.3 is 11.1 Å². The molecule has 1 aromatic carbocycles. The Morgan fingerprint density at radius 3 is 2.88 bits per heavy atom. The first kappa shape index (κ1) is 11.7. The molecule has 0 saturated heterocycles. The number of amides is 1. The van der Waals surface area contributed by atoms with Crippen molar-refractivity contribution in [3.05, 3.63) is 40.6 Å². The number of nitrogens with two attached hydrogens (primary N) is 1. The topological polar surface area (TPSA) is 72.9 Å². The predicted molar refractivity (Wildman–Crippen MR) is 69.1 cm³/mol. The Balaban J connectivity index is 2.49. The van der Waals surface area contributed by atoms with Crippen molar-refractivity contribution >= 4 is 27.5 Å². The van der Waals surface area contributed by atoms with E-state index in [4.69, 9.17) is 5.73 Å². The van der Waals surface area contributed by atoms with Crippen LogP contribution in [0.15, 0.2) is 35.1 Å². The molecule has 0 bridgehead atoms. The average molecular weight is 295 g/mol. The maximum Gasteiger partial charge on any atom is 0.251 e. The van der Waals surface area contributed by atoms with Gasteiger partial charge in [0, 0.05) is 18.8 Å². The zero-order chi connectivity index (χ0) is 12.4. The smallest absolute Gasteiger partial charge is 0.251 e. The highest BCUT2D eigenvalue weighted by Gasteiger charge is 2.09. The van der Waals surface area contributed by atoms with Gasteiger partial charge in [0.2, 0.25) is 0 Å². The summed E-state index contributed by atoms with van der Waals surface area (Å²) in [6.07, 6.45) is 3.44. The van der Waals surface area contributed by atoms with Crippen LogP contribution >= 0.6 is 15.9 Å². The van der Waals surface area contributed by atoms with Crippen LogP contribution in [0.25, 0.3) is 5.69 Å². The lowest BCUT2D eigenvalue weighted by Crippen LogP contribution is -2.18. The summed E-state index contributed by atoms with van der Waals surface area (Å²) in [4.78, 5) is 11.5. The first-order chi connectivity index (χ1) is 8.11. The van der Waals surface area contributed by atoms with Gasteiger partial charge in [0.25, 0.3) is 5.91 Å². The van der Waals surface area contributed by atoms with E-state index in [1.54, 1.807) is 42.3 Å². The molecule has 0 saturated carbocycles. The molecule has 0 radical (unpaired) electrons. The molecule has 1 heterocycles. The van der Waals surface area contributed by atoms with Crippen LogP contribution in [-0.4, -0.2) is 22.7 Å². The summed E-state index contributed by atoms with van der Waals surface area (Å²) in [7, 11) is 1.59. The third kappa shape index (κ3) is 2.31. The number of nitrogens with zero attached hydrogens (tertiary/aromatic N) is 2. The van der Waals surface area contributed by atoms with Crippen molar-refractivity contribution in [1.82, 2.24) is 15.1 Å². The monoisotopic (exact) mass is 294 g/mol. The Morgan fingerprint density at radius 1 is 1.53 bits per heavy atom. The van der Waals surface area contributed by atoms with Crippen LogP contribution in [0.5, 0.6) is 0 Å². The van der Waals surface area contributed by atoms with Gasteiger partial charge in [-0.1, -0.05) is 0 Å². The summed E-state index contributed by atoms with van der Waals surface area (Å²) in [6, 6.07) is 5.07. The van der Waals surface area contributed by atoms with Crippen molar-refractivity contribution in [2.45, 2.75) is 0 Å². The molecule has 0 spiro atoms. The number of rotatable bonds is 2. The highest BCUT2D eigenvalue weighted by molar-refractivity contribution is 9.10. The molecule has 0 aliphatic carbocycles. The second kappa shape index (κ2) is 4.58. The standard InChI is InChI=1S/C11H11BrN4O/c1-14-11(17)7-2-3-9(13)10(4-7)16-6-8(12)5-15-16/h2-6H,13H2,1H3,(H,14,17). The van der Waals surface area contributed by atoms with E-state index in [1.165, 1.54) is 0 Å². The zero-order valence-electron chi connectivity index (χ0n) is 9.14. The second-order valence-electron chi connectivity index (χ2n) is 3.46. The van der Waals surface area contributed by atoms with Crippen LogP contribution in [-0.2, 0) is 0 Å². The van der Waals surface area contributed by atoms with Crippen LogP contribution in [0.2, 0.25) is 0 Å². The Kier molecular flexibility index (Phi) is 3.14. The minimum Gasteiger partial charge on any atom is -0.397 e. The summed E-state index contributed by atoms with van der Waals surface area (Å²) < 4.78 is 2.47. The zero-order valence-corrected chi connectivity index (χ0v) is 10.7. The highest BCUT2D eigenvalue weighted by atomic mass is 79.9. The van der Waals surface area contributed by atoms with Gasteiger partial charge >= 0.3 is 0 Å². The number of carbonyl (C=O) groups excluding carboxylic acids is 1. The Labute approximate surface area is 107 Å². The number of carbonyl (C=O) groups is 1. The van der Waals surface area contributed by atoms with Crippen molar-refractivity contribution < 1.29 is 4.79 Å². The van der Waals surface area contributed by atoms with Gasteiger partial charge in [-0.25, -0.2) is 4.68 Å². The minimum absolute atomic E-state index is 0.155. The summed E-state index contributed by atoms with van der Waals surface area (Å²) >= 11 is 3.31. The average Bonchev–Trinajstić information content (AvgIpc) is 2.75.